The third-order valence-corrected chi connectivity index (χ3v) is 5.63. The summed E-state index contributed by atoms with van der Waals surface area (Å²) in [7, 11) is -3.39. The van der Waals surface area contributed by atoms with Crippen LogP contribution in [0.2, 0.25) is 0 Å². The van der Waals surface area contributed by atoms with Crippen molar-refractivity contribution in [3.8, 4) is 0 Å². The first-order chi connectivity index (χ1) is 10.0. The molecular formula is C16H26N2O2S. The average Bonchev–Trinajstić information content (AvgIpc) is 3.26. The highest BCUT2D eigenvalue weighted by atomic mass is 32.2. The Balaban J connectivity index is 2.00. The van der Waals surface area contributed by atoms with Crippen LogP contribution in [0.4, 0.5) is 0 Å². The van der Waals surface area contributed by atoms with Crippen LogP contribution in [-0.4, -0.2) is 21.5 Å². The van der Waals surface area contributed by atoms with Gasteiger partial charge in [0.05, 0.1) is 4.90 Å². The molecule has 1 aliphatic rings. The van der Waals surface area contributed by atoms with E-state index in [2.05, 4.69) is 10.0 Å². The van der Waals surface area contributed by atoms with Crippen molar-refractivity contribution >= 4 is 10.0 Å². The molecule has 0 bridgehead atoms. The molecule has 118 valence electrons. The van der Waals surface area contributed by atoms with E-state index in [0.717, 1.165) is 36.4 Å². The summed E-state index contributed by atoms with van der Waals surface area (Å²) in [5.74, 6) is 0.847. The van der Waals surface area contributed by atoms with Gasteiger partial charge in [0.2, 0.25) is 10.0 Å². The Morgan fingerprint density at radius 3 is 2.71 bits per heavy atom. The van der Waals surface area contributed by atoms with Gasteiger partial charge in [-0.3, -0.25) is 0 Å². The third-order valence-electron chi connectivity index (χ3n) is 4.03. The maximum absolute atomic E-state index is 12.4. The van der Waals surface area contributed by atoms with Gasteiger partial charge in [-0.1, -0.05) is 31.9 Å². The maximum atomic E-state index is 12.4. The standard InChI is InChI=1S/C16H26N2O2S/c1-3-17-12-15-7-4-8-16(13(15)2)21(19,20)18-11-5-6-14-9-10-14/h4,7-8,14,17-18H,3,5-6,9-12H2,1-2H3. The predicted molar refractivity (Wildman–Crippen MR) is 85.7 cm³/mol. The zero-order valence-corrected chi connectivity index (χ0v) is 13.8. The second kappa shape index (κ2) is 7.38. The van der Waals surface area contributed by atoms with E-state index in [4.69, 9.17) is 0 Å². The molecular weight excluding hydrogens is 284 g/mol. The topological polar surface area (TPSA) is 58.2 Å². The van der Waals surface area contributed by atoms with Crippen molar-refractivity contribution in [1.82, 2.24) is 10.0 Å². The van der Waals surface area contributed by atoms with Crippen LogP contribution in [-0.2, 0) is 16.6 Å². The quantitative estimate of drug-likeness (QED) is 0.689. The molecule has 1 fully saturated rings. The molecule has 1 aliphatic carbocycles. The number of hydrogen-bond acceptors (Lipinski definition) is 3. The Hall–Kier alpha value is -0.910. The lowest BCUT2D eigenvalue weighted by atomic mass is 10.1. The second-order valence-corrected chi connectivity index (χ2v) is 7.54. The van der Waals surface area contributed by atoms with Crippen LogP contribution >= 0.6 is 0 Å². The van der Waals surface area contributed by atoms with Crippen molar-refractivity contribution in [3.63, 3.8) is 0 Å². The lowest BCUT2D eigenvalue weighted by Crippen LogP contribution is -2.26. The number of nitrogens with one attached hydrogen (secondary N) is 2. The molecule has 0 heterocycles. The normalized spacial score (nSPS) is 15.3. The van der Waals surface area contributed by atoms with Crippen molar-refractivity contribution in [2.24, 2.45) is 5.92 Å². The largest absolute Gasteiger partial charge is 0.313 e. The molecule has 0 atom stereocenters. The van der Waals surface area contributed by atoms with E-state index in [1.165, 1.54) is 12.8 Å². The molecule has 2 N–H and O–H groups in total. The zero-order valence-electron chi connectivity index (χ0n) is 13.0. The van der Waals surface area contributed by atoms with Crippen molar-refractivity contribution in [3.05, 3.63) is 29.3 Å². The fraction of sp³-hybridized carbons (Fsp3) is 0.625. The number of rotatable bonds is 9. The van der Waals surface area contributed by atoms with E-state index >= 15 is 0 Å². The second-order valence-electron chi connectivity index (χ2n) is 5.80. The first-order valence-corrected chi connectivity index (χ1v) is 9.31. The minimum Gasteiger partial charge on any atom is -0.313 e. The summed E-state index contributed by atoms with van der Waals surface area (Å²) >= 11 is 0. The highest BCUT2D eigenvalue weighted by Gasteiger charge is 2.21. The van der Waals surface area contributed by atoms with Crippen molar-refractivity contribution in [1.29, 1.82) is 0 Å². The van der Waals surface area contributed by atoms with Gasteiger partial charge in [0.1, 0.15) is 0 Å². The van der Waals surface area contributed by atoms with E-state index in [0.29, 0.717) is 18.0 Å². The summed E-state index contributed by atoms with van der Waals surface area (Å²) in [6, 6.07) is 5.48. The molecule has 1 aromatic rings. The van der Waals surface area contributed by atoms with Gasteiger partial charge in [-0.15, -0.1) is 0 Å². The van der Waals surface area contributed by atoms with Crippen LogP contribution in [0.15, 0.2) is 23.1 Å². The Bertz CT molecular complexity index is 566. The summed E-state index contributed by atoms with van der Waals surface area (Å²) < 4.78 is 27.6. The van der Waals surface area contributed by atoms with Crippen molar-refractivity contribution in [2.45, 2.75) is 51.0 Å². The van der Waals surface area contributed by atoms with Crippen molar-refractivity contribution in [2.75, 3.05) is 13.1 Å². The molecule has 0 aromatic heterocycles. The predicted octanol–water partition coefficient (Wildman–Crippen LogP) is 2.57. The maximum Gasteiger partial charge on any atom is 0.240 e. The van der Waals surface area contributed by atoms with E-state index in [-0.39, 0.29) is 0 Å². The highest BCUT2D eigenvalue weighted by Crippen LogP contribution is 2.33. The highest BCUT2D eigenvalue weighted by molar-refractivity contribution is 7.89. The molecule has 1 aromatic carbocycles. The van der Waals surface area contributed by atoms with E-state index in [1.807, 2.05) is 26.0 Å². The molecule has 0 amide bonds. The van der Waals surface area contributed by atoms with Crippen LogP contribution in [0, 0.1) is 12.8 Å². The Labute approximate surface area is 128 Å². The summed E-state index contributed by atoms with van der Waals surface area (Å²) in [6.07, 6.45) is 4.71. The summed E-state index contributed by atoms with van der Waals surface area (Å²) in [6.45, 7) is 6.03. The molecule has 2 rings (SSSR count). The monoisotopic (exact) mass is 310 g/mol. The lowest BCUT2D eigenvalue weighted by molar-refractivity contribution is 0.571. The van der Waals surface area contributed by atoms with Crippen LogP contribution in [0.5, 0.6) is 0 Å². The van der Waals surface area contributed by atoms with Gasteiger partial charge >= 0.3 is 0 Å². The molecule has 5 heteroatoms. The third kappa shape index (κ3) is 4.80. The Morgan fingerprint density at radius 1 is 1.29 bits per heavy atom. The first kappa shape index (κ1) is 16.5. The van der Waals surface area contributed by atoms with Crippen LogP contribution < -0.4 is 10.0 Å². The molecule has 0 radical (unpaired) electrons. The van der Waals surface area contributed by atoms with Crippen molar-refractivity contribution < 1.29 is 8.42 Å². The van der Waals surface area contributed by atoms with Gasteiger partial charge in [-0.25, -0.2) is 13.1 Å². The van der Waals surface area contributed by atoms with E-state index in [9.17, 15) is 8.42 Å². The Morgan fingerprint density at radius 2 is 2.05 bits per heavy atom. The number of hydrogen-bond donors (Lipinski definition) is 2. The van der Waals surface area contributed by atoms with Gasteiger partial charge in [0.15, 0.2) is 0 Å². The van der Waals surface area contributed by atoms with Gasteiger partial charge < -0.3 is 5.32 Å². The molecule has 4 nitrogen and oxygen atoms in total. The van der Waals surface area contributed by atoms with E-state index < -0.39 is 10.0 Å². The van der Waals surface area contributed by atoms with Crippen LogP contribution in [0.25, 0.3) is 0 Å². The Kier molecular flexibility index (Phi) is 5.79. The molecule has 1 saturated carbocycles. The summed E-state index contributed by atoms with van der Waals surface area (Å²) in [5, 5.41) is 3.24. The SMILES string of the molecule is CCNCc1cccc(S(=O)(=O)NCCCC2CC2)c1C. The van der Waals surface area contributed by atoms with E-state index in [1.54, 1.807) is 6.07 Å². The minimum absolute atomic E-state index is 0.407. The average molecular weight is 310 g/mol. The summed E-state index contributed by atoms with van der Waals surface area (Å²) in [4.78, 5) is 0.407. The van der Waals surface area contributed by atoms with Gasteiger partial charge in [0, 0.05) is 13.1 Å². The zero-order chi connectivity index (χ0) is 15.3. The number of sulfonamides is 1. The van der Waals surface area contributed by atoms with Gasteiger partial charge in [-0.2, -0.15) is 0 Å². The smallest absolute Gasteiger partial charge is 0.240 e. The molecule has 0 saturated heterocycles. The first-order valence-electron chi connectivity index (χ1n) is 7.83. The molecule has 0 spiro atoms. The number of benzene rings is 1. The fourth-order valence-corrected chi connectivity index (χ4v) is 3.84. The van der Waals surface area contributed by atoms with Gasteiger partial charge in [0.25, 0.3) is 0 Å². The van der Waals surface area contributed by atoms with Gasteiger partial charge in [-0.05, 0) is 49.4 Å². The molecule has 21 heavy (non-hydrogen) atoms. The minimum atomic E-state index is -3.39. The van der Waals surface area contributed by atoms with Crippen LogP contribution in [0.1, 0.15) is 43.7 Å². The van der Waals surface area contributed by atoms with Crippen LogP contribution in [0.3, 0.4) is 0 Å². The lowest BCUT2D eigenvalue weighted by Gasteiger charge is -2.13. The fourth-order valence-electron chi connectivity index (χ4n) is 2.48. The summed E-state index contributed by atoms with van der Waals surface area (Å²) in [5.41, 5.74) is 1.88. The molecule has 0 aliphatic heterocycles. The molecule has 0 unspecified atom stereocenters.